The normalized spacial score (nSPS) is 29.4. The predicted molar refractivity (Wildman–Crippen MR) is 125 cm³/mol. The lowest BCUT2D eigenvalue weighted by Gasteiger charge is -2.34. The van der Waals surface area contributed by atoms with Crippen LogP contribution < -0.4 is 10.6 Å². The van der Waals surface area contributed by atoms with Crippen LogP contribution in [0.2, 0.25) is 0 Å². The highest BCUT2D eigenvalue weighted by atomic mass is 32.1. The zero-order valence-corrected chi connectivity index (χ0v) is 19.9. The minimum atomic E-state index is -1.26. The standard InChI is InChI=1S/C25H26FN3O4S/c1-24(2,3)28-22(31)20-25-11-10-17(33-25)18(21(30)27-16-9-5-4-8-15(16)26)19(25)23(32)29(20)13-14-7-6-12-34-14/h4-12,17-20H,13H2,1-3H3,(H,27,30)(H,28,31)/t17-,18+,19-,20-,25-/m1/s1. The molecule has 0 unspecified atom stereocenters. The molecule has 5 atom stereocenters. The molecule has 2 saturated heterocycles. The number of nitrogens with zero attached hydrogens (tertiary/aromatic N) is 1. The first-order valence-electron chi connectivity index (χ1n) is 11.2. The Labute approximate surface area is 201 Å². The van der Waals surface area contributed by atoms with E-state index in [1.165, 1.54) is 34.4 Å². The second-order valence-corrected chi connectivity index (χ2v) is 11.0. The number of nitrogens with one attached hydrogen (secondary N) is 2. The van der Waals surface area contributed by atoms with Crippen LogP contribution in [0.15, 0.2) is 53.9 Å². The van der Waals surface area contributed by atoms with E-state index in [9.17, 15) is 18.8 Å². The first-order valence-corrected chi connectivity index (χ1v) is 12.1. The summed E-state index contributed by atoms with van der Waals surface area (Å²) in [6, 6.07) is 8.73. The lowest BCUT2D eigenvalue weighted by atomic mass is 9.74. The van der Waals surface area contributed by atoms with Crippen molar-refractivity contribution in [1.82, 2.24) is 10.2 Å². The van der Waals surface area contributed by atoms with E-state index in [2.05, 4.69) is 10.6 Å². The van der Waals surface area contributed by atoms with Crippen LogP contribution in [0.1, 0.15) is 25.6 Å². The number of anilines is 1. The molecule has 2 bridgehead atoms. The maximum atomic E-state index is 14.2. The van der Waals surface area contributed by atoms with Crippen LogP contribution >= 0.6 is 11.3 Å². The number of amides is 3. The molecule has 0 saturated carbocycles. The number of hydrogen-bond donors (Lipinski definition) is 2. The molecule has 5 rings (SSSR count). The number of thiophene rings is 1. The van der Waals surface area contributed by atoms with Gasteiger partial charge in [0.05, 0.1) is 30.2 Å². The maximum absolute atomic E-state index is 14.2. The summed E-state index contributed by atoms with van der Waals surface area (Å²) in [6.07, 6.45) is 2.82. The second-order valence-electron chi connectivity index (χ2n) is 9.95. The van der Waals surface area contributed by atoms with Gasteiger partial charge in [0.25, 0.3) is 0 Å². The Morgan fingerprint density at radius 3 is 2.62 bits per heavy atom. The average Bonchev–Trinajstić information content (AvgIpc) is 3.51. The molecule has 1 spiro atoms. The number of carbonyl (C=O) groups is 3. The summed E-state index contributed by atoms with van der Waals surface area (Å²) in [7, 11) is 0. The summed E-state index contributed by atoms with van der Waals surface area (Å²) >= 11 is 1.49. The van der Waals surface area contributed by atoms with Crippen LogP contribution in [-0.2, 0) is 25.7 Å². The van der Waals surface area contributed by atoms with E-state index >= 15 is 0 Å². The predicted octanol–water partition coefficient (Wildman–Crippen LogP) is 3.09. The molecule has 0 radical (unpaired) electrons. The van der Waals surface area contributed by atoms with Gasteiger partial charge in [-0.2, -0.15) is 0 Å². The Bertz CT molecular complexity index is 1180. The number of likely N-dealkylation sites (tertiary alicyclic amines) is 1. The van der Waals surface area contributed by atoms with Gasteiger partial charge >= 0.3 is 0 Å². The summed E-state index contributed by atoms with van der Waals surface area (Å²) in [4.78, 5) is 43.1. The molecule has 4 heterocycles. The summed E-state index contributed by atoms with van der Waals surface area (Å²) < 4.78 is 20.4. The molecule has 2 fully saturated rings. The number of halogens is 1. The lowest BCUT2D eigenvalue weighted by Crippen LogP contribution is -2.57. The SMILES string of the molecule is CC(C)(C)NC(=O)[C@H]1N(Cc2cccs2)C(=O)[C@H]2[C@@H](C(=O)Nc3ccccc3F)[C@H]3C=C[C@@]21O3. The fourth-order valence-electron chi connectivity index (χ4n) is 5.22. The average molecular weight is 484 g/mol. The molecule has 34 heavy (non-hydrogen) atoms. The number of benzene rings is 1. The van der Waals surface area contributed by atoms with Crippen molar-refractivity contribution >= 4 is 34.7 Å². The van der Waals surface area contributed by atoms with Gasteiger partial charge in [-0.25, -0.2) is 4.39 Å². The zero-order chi connectivity index (χ0) is 24.3. The molecular weight excluding hydrogens is 457 g/mol. The van der Waals surface area contributed by atoms with E-state index in [0.29, 0.717) is 0 Å². The molecule has 0 aliphatic carbocycles. The van der Waals surface area contributed by atoms with Crippen molar-refractivity contribution < 1.29 is 23.5 Å². The lowest BCUT2D eigenvalue weighted by molar-refractivity contribution is -0.142. The number of rotatable bonds is 5. The molecule has 2 N–H and O–H groups in total. The molecule has 3 aliphatic rings. The van der Waals surface area contributed by atoms with E-state index in [1.807, 2.05) is 38.3 Å². The summed E-state index contributed by atoms with van der Waals surface area (Å²) in [6.45, 7) is 5.84. The number of ether oxygens (including phenoxy) is 1. The van der Waals surface area contributed by atoms with Gasteiger partial charge in [0.15, 0.2) is 0 Å². The van der Waals surface area contributed by atoms with Crippen LogP contribution in [0.3, 0.4) is 0 Å². The van der Waals surface area contributed by atoms with Gasteiger partial charge in [-0.15, -0.1) is 11.3 Å². The van der Waals surface area contributed by atoms with Crippen LogP contribution in [-0.4, -0.2) is 45.9 Å². The van der Waals surface area contributed by atoms with Crippen LogP contribution in [0.4, 0.5) is 10.1 Å². The quantitative estimate of drug-likeness (QED) is 0.640. The Morgan fingerprint density at radius 2 is 1.94 bits per heavy atom. The molecule has 1 aromatic heterocycles. The van der Waals surface area contributed by atoms with Gasteiger partial charge in [0, 0.05) is 10.4 Å². The number of para-hydroxylation sites is 1. The molecule has 9 heteroatoms. The van der Waals surface area contributed by atoms with Gasteiger partial charge in [-0.05, 0) is 44.4 Å². The summed E-state index contributed by atoms with van der Waals surface area (Å²) in [5, 5.41) is 7.50. The largest absolute Gasteiger partial charge is 0.359 e. The van der Waals surface area contributed by atoms with Gasteiger partial charge in [0.1, 0.15) is 17.5 Å². The van der Waals surface area contributed by atoms with Crippen molar-refractivity contribution in [2.24, 2.45) is 11.8 Å². The first kappa shape index (κ1) is 22.7. The topological polar surface area (TPSA) is 87.7 Å². The fraction of sp³-hybridized carbons (Fsp3) is 0.400. The van der Waals surface area contributed by atoms with Crippen molar-refractivity contribution in [2.75, 3.05) is 5.32 Å². The maximum Gasteiger partial charge on any atom is 0.246 e. The Hall–Kier alpha value is -3.04. The number of hydrogen-bond acceptors (Lipinski definition) is 5. The van der Waals surface area contributed by atoms with Gasteiger partial charge in [-0.3, -0.25) is 14.4 Å². The molecule has 3 aliphatic heterocycles. The Morgan fingerprint density at radius 1 is 1.18 bits per heavy atom. The molecule has 7 nitrogen and oxygen atoms in total. The van der Waals surface area contributed by atoms with Crippen LogP contribution in [0.25, 0.3) is 0 Å². The highest BCUT2D eigenvalue weighted by molar-refractivity contribution is 7.09. The van der Waals surface area contributed by atoms with Crippen LogP contribution in [0, 0.1) is 17.7 Å². The minimum Gasteiger partial charge on any atom is -0.359 e. The summed E-state index contributed by atoms with van der Waals surface area (Å²) in [5.74, 6) is -3.49. The number of carbonyl (C=O) groups excluding carboxylic acids is 3. The molecule has 3 amide bonds. The molecule has 178 valence electrons. The van der Waals surface area contributed by atoms with Crippen molar-refractivity contribution in [3.63, 3.8) is 0 Å². The minimum absolute atomic E-state index is 0.0382. The van der Waals surface area contributed by atoms with Crippen molar-refractivity contribution in [3.05, 3.63) is 64.6 Å². The van der Waals surface area contributed by atoms with E-state index in [4.69, 9.17) is 4.74 Å². The van der Waals surface area contributed by atoms with Gasteiger partial charge in [-0.1, -0.05) is 30.4 Å². The third-order valence-corrected chi connectivity index (χ3v) is 7.32. The smallest absolute Gasteiger partial charge is 0.246 e. The Kier molecular flexibility index (Phi) is 5.37. The van der Waals surface area contributed by atoms with E-state index in [1.54, 1.807) is 18.2 Å². The highest BCUT2D eigenvalue weighted by Crippen LogP contribution is 2.55. The number of fused-ring (bicyclic) bond motifs is 1. The van der Waals surface area contributed by atoms with Crippen molar-refractivity contribution in [3.8, 4) is 0 Å². The van der Waals surface area contributed by atoms with Crippen molar-refractivity contribution in [2.45, 2.75) is 50.6 Å². The van der Waals surface area contributed by atoms with Crippen LogP contribution in [0.5, 0.6) is 0 Å². The Balaban J connectivity index is 1.51. The fourth-order valence-corrected chi connectivity index (χ4v) is 5.93. The highest BCUT2D eigenvalue weighted by Gasteiger charge is 2.72. The van der Waals surface area contributed by atoms with Gasteiger partial charge < -0.3 is 20.3 Å². The third kappa shape index (κ3) is 3.63. The summed E-state index contributed by atoms with van der Waals surface area (Å²) in [5.41, 5.74) is -1.74. The molecule has 1 aromatic carbocycles. The third-order valence-electron chi connectivity index (χ3n) is 6.46. The van der Waals surface area contributed by atoms with Crippen molar-refractivity contribution in [1.29, 1.82) is 0 Å². The second kappa shape index (κ2) is 8.02. The monoisotopic (exact) mass is 483 g/mol. The molecule has 2 aromatic rings. The molecular formula is C25H26FN3O4S. The van der Waals surface area contributed by atoms with E-state index in [-0.39, 0.29) is 24.0 Å². The van der Waals surface area contributed by atoms with E-state index < -0.39 is 46.8 Å². The first-order chi connectivity index (χ1) is 16.1. The van der Waals surface area contributed by atoms with E-state index in [0.717, 1.165) is 4.88 Å². The zero-order valence-electron chi connectivity index (χ0n) is 19.1. The van der Waals surface area contributed by atoms with Gasteiger partial charge in [0.2, 0.25) is 17.7 Å².